The Morgan fingerprint density at radius 1 is 1.35 bits per heavy atom. The molecular formula is C13H19ClN2O3S. The molecule has 0 aliphatic heterocycles. The molecular weight excluding hydrogens is 300 g/mol. The second kappa shape index (κ2) is 5.89. The summed E-state index contributed by atoms with van der Waals surface area (Å²) in [6.07, 6.45) is 2.39. The average molecular weight is 319 g/mol. The summed E-state index contributed by atoms with van der Waals surface area (Å²) in [7, 11) is -3.78. The van der Waals surface area contributed by atoms with Crippen molar-refractivity contribution in [2.45, 2.75) is 49.6 Å². The summed E-state index contributed by atoms with van der Waals surface area (Å²) in [4.78, 5) is -0.0416. The normalized spacial score (nSPS) is 23.8. The Bertz CT molecular complexity index is 604. The van der Waals surface area contributed by atoms with Crippen molar-refractivity contribution >= 4 is 27.3 Å². The van der Waals surface area contributed by atoms with E-state index in [1.54, 1.807) is 6.92 Å². The first-order valence-corrected chi connectivity index (χ1v) is 8.43. The van der Waals surface area contributed by atoms with Crippen LogP contribution in [0.25, 0.3) is 0 Å². The molecule has 4 N–H and O–H groups in total. The fraction of sp³-hybridized carbons (Fsp3) is 0.538. The van der Waals surface area contributed by atoms with E-state index in [4.69, 9.17) is 17.3 Å². The molecule has 1 aliphatic rings. The zero-order valence-corrected chi connectivity index (χ0v) is 12.8. The number of hydrogen-bond donors (Lipinski definition) is 3. The van der Waals surface area contributed by atoms with Crippen LogP contribution in [0.4, 0.5) is 5.69 Å². The van der Waals surface area contributed by atoms with Crippen molar-refractivity contribution in [1.29, 1.82) is 0 Å². The van der Waals surface area contributed by atoms with Crippen molar-refractivity contribution in [1.82, 2.24) is 4.72 Å². The molecule has 0 saturated heterocycles. The molecule has 1 aromatic rings. The monoisotopic (exact) mass is 318 g/mol. The Balaban J connectivity index is 2.28. The zero-order chi connectivity index (χ0) is 14.9. The highest BCUT2D eigenvalue weighted by atomic mass is 35.5. The summed E-state index contributed by atoms with van der Waals surface area (Å²) in [5.74, 6) is 0. The highest BCUT2D eigenvalue weighted by molar-refractivity contribution is 7.89. The van der Waals surface area contributed by atoms with Crippen molar-refractivity contribution in [2.75, 3.05) is 5.73 Å². The maximum atomic E-state index is 12.4. The lowest BCUT2D eigenvalue weighted by Gasteiger charge is -2.28. The summed E-state index contributed by atoms with van der Waals surface area (Å²) in [5.41, 5.74) is 6.85. The van der Waals surface area contributed by atoms with Crippen LogP contribution < -0.4 is 10.5 Å². The lowest BCUT2D eigenvalue weighted by atomic mass is 9.93. The molecule has 2 rings (SSSR count). The van der Waals surface area contributed by atoms with Gasteiger partial charge in [0.1, 0.15) is 4.90 Å². The third kappa shape index (κ3) is 3.25. The minimum atomic E-state index is -3.78. The fourth-order valence-electron chi connectivity index (χ4n) is 2.39. The molecule has 0 radical (unpaired) electrons. The van der Waals surface area contributed by atoms with Crippen LogP contribution in [-0.4, -0.2) is 25.7 Å². The first-order valence-electron chi connectivity index (χ1n) is 6.57. The van der Waals surface area contributed by atoms with Crippen LogP contribution in [0.1, 0.15) is 31.2 Å². The van der Waals surface area contributed by atoms with Gasteiger partial charge in [-0.3, -0.25) is 0 Å². The number of hydrogen-bond acceptors (Lipinski definition) is 4. The Labute approximate surface area is 124 Å². The second-order valence-electron chi connectivity index (χ2n) is 5.22. The number of anilines is 1. The smallest absolute Gasteiger partial charge is 0.242 e. The van der Waals surface area contributed by atoms with Gasteiger partial charge in [-0.15, -0.1) is 0 Å². The van der Waals surface area contributed by atoms with Crippen LogP contribution in [0.3, 0.4) is 0 Å². The molecule has 1 aliphatic carbocycles. The number of aliphatic hydroxyl groups excluding tert-OH is 1. The van der Waals surface area contributed by atoms with Crippen LogP contribution in [-0.2, 0) is 10.0 Å². The van der Waals surface area contributed by atoms with E-state index in [2.05, 4.69) is 4.72 Å². The van der Waals surface area contributed by atoms with Gasteiger partial charge in [-0.05, 0) is 37.5 Å². The van der Waals surface area contributed by atoms with Gasteiger partial charge < -0.3 is 10.8 Å². The van der Waals surface area contributed by atoms with Crippen LogP contribution in [0.15, 0.2) is 17.0 Å². The van der Waals surface area contributed by atoms with Crippen molar-refractivity contribution in [3.05, 3.63) is 22.7 Å². The second-order valence-corrected chi connectivity index (χ2v) is 7.31. The van der Waals surface area contributed by atoms with Crippen molar-refractivity contribution in [3.8, 4) is 0 Å². The van der Waals surface area contributed by atoms with Gasteiger partial charge >= 0.3 is 0 Å². The molecule has 0 spiro atoms. The summed E-state index contributed by atoms with van der Waals surface area (Å²) in [5, 5.41) is 10.00. The predicted octanol–water partition coefficient (Wildman–Crippen LogP) is 1.81. The van der Waals surface area contributed by atoms with Crippen molar-refractivity contribution < 1.29 is 13.5 Å². The van der Waals surface area contributed by atoms with E-state index in [0.717, 1.165) is 18.4 Å². The molecule has 112 valence electrons. The van der Waals surface area contributed by atoms with Gasteiger partial charge in [0, 0.05) is 11.7 Å². The molecule has 20 heavy (non-hydrogen) atoms. The van der Waals surface area contributed by atoms with Crippen molar-refractivity contribution in [3.63, 3.8) is 0 Å². The number of sulfonamides is 1. The fourth-order valence-corrected chi connectivity index (χ4v) is 4.31. The first-order chi connectivity index (χ1) is 9.31. The van der Waals surface area contributed by atoms with Gasteiger partial charge in [0.05, 0.1) is 11.1 Å². The van der Waals surface area contributed by atoms with Crippen LogP contribution >= 0.6 is 11.6 Å². The molecule has 1 fully saturated rings. The number of nitrogens with two attached hydrogens (primary N) is 1. The number of rotatable bonds is 3. The van der Waals surface area contributed by atoms with Gasteiger partial charge in [-0.2, -0.15) is 0 Å². The maximum Gasteiger partial charge on any atom is 0.242 e. The third-order valence-corrected chi connectivity index (χ3v) is 5.60. The maximum absolute atomic E-state index is 12.4. The van der Waals surface area contributed by atoms with Gasteiger partial charge in [-0.1, -0.05) is 24.4 Å². The van der Waals surface area contributed by atoms with Crippen LogP contribution in [0, 0.1) is 6.92 Å². The van der Waals surface area contributed by atoms with E-state index in [0.29, 0.717) is 18.5 Å². The van der Waals surface area contributed by atoms with Gasteiger partial charge in [-0.25, -0.2) is 13.1 Å². The quantitative estimate of drug-likeness (QED) is 0.741. The van der Waals surface area contributed by atoms with Gasteiger partial charge in [0.15, 0.2) is 0 Å². The molecule has 0 amide bonds. The molecule has 7 heteroatoms. The van der Waals surface area contributed by atoms with Gasteiger partial charge in [0.25, 0.3) is 0 Å². The number of nitrogen functional groups attached to an aromatic ring is 1. The van der Waals surface area contributed by atoms with E-state index in [-0.39, 0.29) is 9.92 Å². The SMILES string of the molecule is Cc1cc(Cl)c(S(=O)(=O)N[C@H]2CCCC[C@@H]2O)cc1N. The van der Waals surface area contributed by atoms with Crippen LogP contribution in [0.5, 0.6) is 0 Å². The number of aryl methyl sites for hydroxylation is 1. The molecule has 2 atom stereocenters. The molecule has 1 saturated carbocycles. The van der Waals surface area contributed by atoms with E-state index < -0.39 is 22.2 Å². The summed E-state index contributed by atoms with van der Waals surface area (Å²) >= 11 is 6.00. The van der Waals surface area contributed by atoms with E-state index in [1.807, 2.05) is 0 Å². The van der Waals surface area contributed by atoms with E-state index in [9.17, 15) is 13.5 Å². The van der Waals surface area contributed by atoms with Gasteiger partial charge in [0.2, 0.25) is 10.0 Å². The number of aliphatic hydroxyl groups is 1. The van der Waals surface area contributed by atoms with E-state index >= 15 is 0 Å². The predicted molar refractivity (Wildman–Crippen MR) is 79.2 cm³/mol. The molecule has 0 aromatic heterocycles. The Kier molecular flexibility index (Phi) is 4.59. The molecule has 5 nitrogen and oxygen atoms in total. The first kappa shape index (κ1) is 15.6. The van der Waals surface area contributed by atoms with Crippen molar-refractivity contribution in [2.24, 2.45) is 0 Å². The Morgan fingerprint density at radius 3 is 2.65 bits per heavy atom. The molecule has 0 bridgehead atoms. The lowest BCUT2D eigenvalue weighted by molar-refractivity contribution is 0.101. The average Bonchev–Trinajstić information content (AvgIpc) is 2.36. The summed E-state index contributed by atoms with van der Waals surface area (Å²) in [6, 6.07) is 2.42. The summed E-state index contributed by atoms with van der Waals surface area (Å²) in [6.45, 7) is 1.76. The number of benzene rings is 1. The third-order valence-electron chi connectivity index (χ3n) is 3.65. The lowest BCUT2D eigenvalue weighted by Crippen LogP contribution is -2.45. The Hall–Kier alpha value is -0.820. The standard InChI is InChI=1S/C13H19ClN2O3S/c1-8-6-9(14)13(7-10(8)15)20(18,19)16-11-4-2-3-5-12(11)17/h6-7,11-12,16-17H,2-5,15H2,1H3/t11-,12-/m0/s1. The molecule has 1 aromatic carbocycles. The Morgan fingerprint density at radius 2 is 2.00 bits per heavy atom. The molecule has 0 unspecified atom stereocenters. The number of nitrogens with one attached hydrogen (secondary N) is 1. The molecule has 0 heterocycles. The minimum absolute atomic E-state index is 0.0416. The topological polar surface area (TPSA) is 92.4 Å². The summed E-state index contributed by atoms with van der Waals surface area (Å²) < 4.78 is 27.3. The van der Waals surface area contributed by atoms with E-state index in [1.165, 1.54) is 12.1 Å². The zero-order valence-electron chi connectivity index (χ0n) is 11.3. The highest BCUT2D eigenvalue weighted by Crippen LogP contribution is 2.28. The minimum Gasteiger partial charge on any atom is -0.398 e. The number of halogens is 1. The van der Waals surface area contributed by atoms with Crippen LogP contribution in [0.2, 0.25) is 5.02 Å². The highest BCUT2D eigenvalue weighted by Gasteiger charge is 2.29. The largest absolute Gasteiger partial charge is 0.398 e.